The lowest BCUT2D eigenvalue weighted by atomic mass is 10.1. The number of anilines is 1. The van der Waals surface area contributed by atoms with E-state index in [1.807, 2.05) is 12.1 Å². The number of aryl methyl sites for hydroxylation is 1. The SMILES string of the molecule is CCCc1ccc(N2CC(O)CC2=O)cc1. The maximum atomic E-state index is 11.6. The van der Waals surface area contributed by atoms with Gasteiger partial charge in [-0.3, -0.25) is 4.79 Å². The Kier molecular flexibility index (Phi) is 3.25. The van der Waals surface area contributed by atoms with Crippen LogP contribution >= 0.6 is 0 Å². The Bertz CT molecular complexity index is 372. The summed E-state index contributed by atoms with van der Waals surface area (Å²) in [6.45, 7) is 2.57. The number of β-amino-alcohol motifs (C(OH)–C–C–N with tert-alkyl or cyclic N) is 1. The Balaban J connectivity index is 2.12. The van der Waals surface area contributed by atoms with Crippen LogP contribution in [-0.2, 0) is 11.2 Å². The molecule has 1 saturated heterocycles. The molecule has 0 aliphatic carbocycles. The lowest BCUT2D eigenvalue weighted by Crippen LogP contribution is -2.25. The van der Waals surface area contributed by atoms with Crippen molar-refractivity contribution in [1.82, 2.24) is 0 Å². The first-order chi connectivity index (χ1) is 7.70. The van der Waals surface area contributed by atoms with Gasteiger partial charge in [0.05, 0.1) is 19.1 Å². The molecule has 16 heavy (non-hydrogen) atoms. The van der Waals surface area contributed by atoms with E-state index in [4.69, 9.17) is 0 Å². The highest BCUT2D eigenvalue weighted by Crippen LogP contribution is 2.22. The molecule has 1 atom stereocenters. The van der Waals surface area contributed by atoms with Crippen LogP contribution < -0.4 is 4.90 Å². The highest BCUT2D eigenvalue weighted by Gasteiger charge is 2.28. The molecule has 1 aromatic carbocycles. The van der Waals surface area contributed by atoms with Crippen molar-refractivity contribution in [3.05, 3.63) is 29.8 Å². The fourth-order valence-corrected chi connectivity index (χ4v) is 2.07. The highest BCUT2D eigenvalue weighted by atomic mass is 16.3. The quantitative estimate of drug-likeness (QED) is 0.841. The Morgan fingerprint density at radius 2 is 2.06 bits per heavy atom. The molecule has 86 valence electrons. The maximum absolute atomic E-state index is 11.6. The van der Waals surface area contributed by atoms with Crippen LogP contribution in [0.2, 0.25) is 0 Å². The molecule has 2 rings (SSSR count). The number of benzene rings is 1. The van der Waals surface area contributed by atoms with Gasteiger partial charge in [-0.1, -0.05) is 25.5 Å². The Morgan fingerprint density at radius 1 is 1.38 bits per heavy atom. The molecule has 1 amide bonds. The zero-order valence-electron chi connectivity index (χ0n) is 9.52. The Morgan fingerprint density at radius 3 is 2.56 bits per heavy atom. The number of amides is 1. The predicted molar refractivity (Wildman–Crippen MR) is 63.4 cm³/mol. The van der Waals surface area contributed by atoms with E-state index >= 15 is 0 Å². The topological polar surface area (TPSA) is 40.5 Å². The van der Waals surface area contributed by atoms with Gasteiger partial charge < -0.3 is 10.0 Å². The molecule has 0 bridgehead atoms. The van der Waals surface area contributed by atoms with Crippen molar-refractivity contribution in [2.75, 3.05) is 11.4 Å². The van der Waals surface area contributed by atoms with E-state index in [2.05, 4.69) is 19.1 Å². The van der Waals surface area contributed by atoms with Crippen LogP contribution in [0.25, 0.3) is 0 Å². The van der Waals surface area contributed by atoms with Crippen LogP contribution in [0.1, 0.15) is 25.3 Å². The number of nitrogens with zero attached hydrogens (tertiary/aromatic N) is 1. The second-order valence-corrected chi connectivity index (χ2v) is 4.28. The normalized spacial score (nSPS) is 20.5. The number of rotatable bonds is 3. The Labute approximate surface area is 95.7 Å². The standard InChI is InChI=1S/C13H17NO2/c1-2-3-10-4-6-11(7-5-10)14-9-12(15)8-13(14)16/h4-7,12,15H,2-3,8-9H2,1H3. The summed E-state index contributed by atoms with van der Waals surface area (Å²) in [5.41, 5.74) is 2.18. The smallest absolute Gasteiger partial charge is 0.229 e. The zero-order valence-corrected chi connectivity index (χ0v) is 9.52. The fourth-order valence-electron chi connectivity index (χ4n) is 2.07. The largest absolute Gasteiger partial charge is 0.391 e. The average molecular weight is 219 g/mol. The number of aliphatic hydroxyl groups is 1. The molecule has 0 saturated carbocycles. The minimum Gasteiger partial charge on any atom is -0.391 e. The fraction of sp³-hybridized carbons (Fsp3) is 0.462. The van der Waals surface area contributed by atoms with E-state index in [1.54, 1.807) is 4.90 Å². The van der Waals surface area contributed by atoms with Crippen molar-refractivity contribution in [1.29, 1.82) is 0 Å². The number of hydrogen-bond acceptors (Lipinski definition) is 2. The van der Waals surface area contributed by atoms with E-state index in [0.717, 1.165) is 18.5 Å². The van der Waals surface area contributed by atoms with Crippen LogP contribution in [0.5, 0.6) is 0 Å². The van der Waals surface area contributed by atoms with Crippen LogP contribution in [0.15, 0.2) is 24.3 Å². The molecule has 1 aliphatic heterocycles. The first-order valence-corrected chi connectivity index (χ1v) is 5.78. The zero-order chi connectivity index (χ0) is 11.5. The summed E-state index contributed by atoms with van der Waals surface area (Å²) in [4.78, 5) is 13.2. The molecule has 1 aromatic rings. The maximum Gasteiger partial charge on any atom is 0.229 e. The minimum atomic E-state index is -0.511. The van der Waals surface area contributed by atoms with Crippen molar-refractivity contribution in [2.24, 2.45) is 0 Å². The van der Waals surface area contributed by atoms with Gasteiger partial charge in [-0.05, 0) is 24.1 Å². The lowest BCUT2D eigenvalue weighted by molar-refractivity contribution is -0.117. The van der Waals surface area contributed by atoms with Crippen molar-refractivity contribution in [3.8, 4) is 0 Å². The summed E-state index contributed by atoms with van der Waals surface area (Å²) in [6, 6.07) is 8.02. The predicted octanol–water partition coefficient (Wildman–Crippen LogP) is 1.74. The highest BCUT2D eigenvalue weighted by molar-refractivity contribution is 5.96. The lowest BCUT2D eigenvalue weighted by Gasteiger charge is -2.16. The molecule has 0 aromatic heterocycles. The molecule has 1 fully saturated rings. The van der Waals surface area contributed by atoms with E-state index < -0.39 is 6.10 Å². The first-order valence-electron chi connectivity index (χ1n) is 5.78. The number of carbonyl (C=O) groups excluding carboxylic acids is 1. The van der Waals surface area contributed by atoms with Crippen LogP contribution in [-0.4, -0.2) is 23.7 Å². The number of carbonyl (C=O) groups is 1. The molecule has 1 N–H and O–H groups in total. The van der Waals surface area contributed by atoms with E-state index in [-0.39, 0.29) is 12.3 Å². The van der Waals surface area contributed by atoms with Gasteiger partial charge in [0.1, 0.15) is 0 Å². The van der Waals surface area contributed by atoms with Gasteiger partial charge in [0.25, 0.3) is 0 Å². The molecule has 3 heteroatoms. The summed E-state index contributed by atoms with van der Waals surface area (Å²) in [5.74, 6) is 0.00995. The van der Waals surface area contributed by atoms with Gasteiger partial charge in [0.2, 0.25) is 5.91 Å². The third-order valence-corrected chi connectivity index (χ3v) is 2.89. The molecular formula is C13H17NO2. The molecule has 1 unspecified atom stereocenters. The third-order valence-electron chi connectivity index (χ3n) is 2.89. The number of hydrogen-bond donors (Lipinski definition) is 1. The van der Waals surface area contributed by atoms with Crippen molar-refractivity contribution in [2.45, 2.75) is 32.3 Å². The van der Waals surface area contributed by atoms with E-state index in [1.165, 1.54) is 5.56 Å². The van der Waals surface area contributed by atoms with E-state index in [0.29, 0.717) is 6.54 Å². The summed E-state index contributed by atoms with van der Waals surface area (Å²) in [7, 11) is 0. The average Bonchev–Trinajstić information content (AvgIpc) is 2.59. The third kappa shape index (κ3) is 2.25. The van der Waals surface area contributed by atoms with Crippen LogP contribution in [0.3, 0.4) is 0 Å². The molecule has 1 aliphatic rings. The second kappa shape index (κ2) is 4.66. The molecule has 0 radical (unpaired) electrons. The minimum absolute atomic E-state index is 0.00995. The summed E-state index contributed by atoms with van der Waals surface area (Å²) >= 11 is 0. The first kappa shape index (κ1) is 11.1. The van der Waals surface area contributed by atoms with Gasteiger partial charge in [-0.25, -0.2) is 0 Å². The van der Waals surface area contributed by atoms with Gasteiger partial charge >= 0.3 is 0 Å². The Hall–Kier alpha value is -1.35. The molecule has 1 heterocycles. The van der Waals surface area contributed by atoms with Gasteiger partial charge in [0, 0.05) is 5.69 Å². The monoisotopic (exact) mass is 219 g/mol. The van der Waals surface area contributed by atoms with Crippen molar-refractivity contribution < 1.29 is 9.90 Å². The number of aliphatic hydroxyl groups excluding tert-OH is 1. The van der Waals surface area contributed by atoms with Gasteiger partial charge in [-0.2, -0.15) is 0 Å². The van der Waals surface area contributed by atoms with Gasteiger partial charge in [-0.15, -0.1) is 0 Å². The van der Waals surface area contributed by atoms with E-state index in [9.17, 15) is 9.90 Å². The van der Waals surface area contributed by atoms with Gasteiger partial charge in [0.15, 0.2) is 0 Å². The van der Waals surface area contributed by atoms with Crippen molar-refractivity contribution >= 4 is 11.6 Å². The second-order valence-electron chi connectivity index (χ2n) is 4.28. The molecular weight excluding hydrogens is 202 g/mol. The van der Waals surface area contributed by atoms with Crippen LogP contribution in [0.4, 0.5) is 5.69 Å². The summed E-state index contributed by atoms with van der Waals surface area (Å²) < 4.78 is 0. The summed E-state index contributed by atoms with van der Waals surface area (Å²) in [5, 5.41) is 9.41. The molecule has 0 spiro atoms. The molecule has 3 nitrogen and oxygen atoms in total. The van der Waals surface area contributed by atoms with Crippen molar-refractivity contribution in [3.63, 3.8) is 0 Å². The summed E-state index contributed by atoms with van der Waals surface area (Å²) in [6.07, 6.45) is 1.93. The van der Waals surface area contributed by atoms with Crippen LogP contribution in [0, 0.1) is 0 Å².